The molecule has 1 aromatic heterocycles. The third-order valence-electron chi connectivity index (χ3n) is 4.10. The van der Waals surface area contributed by atoms with Crippen LogP contribution in [-0.4, -0.2) is 28.9 Å². The summed E-state index contributed by atoms with van der Waals surface area (Å²) in [6, 6.07) is 8.10. The summed E-state index contributed by atoms with van der Waals surface area (Å²) in [5.41, 5.74) is 1.26. The Labute approximate surface area is 139 Å². The van der Waals surface area contributed by atoms with Crippen LogP contribution in [0.3, 0.4) is 0 Å². The monoisotopic (exact) mass is 326 g/mol. The summed E-state index contributed by atoms with van der Waals surface area (Å²) >= 11 is 0. The Bertz CT molecular complexity index is 768. The number of carbonyl (C=O) groups excluding carboxylic acids is 1. The Morgan fingerprint density at radius 2 is 2.00 bits per heavy atom. The van der Waals surface area contributed by atoms with E-state index in [1.54, 1.807) is 31.3 Å². The highest BCUT2D eigenvalue weighted by Gasteiger charge is 2.16. The molecule has 0 spiro atoms. The van der Waals surface area contributed by atoms with Gasteiger partial charge in [-0.25, -0.2) is 4.98 Å². The minimum Gasteiger partial charge on any atom is -0.357 e. The third-order valence-corrected chi connectivity index (χ3v) is 4.10. The summed E-state index contributed by atoms with van der Waals surface area (Å²) in [4.78, 5) is 29.3. The molecule has 1 aliphatic rings. The standard InChI is InChI=1S/C17H18N4O3/c1-12-4-5-13(10-15(12)21(23)24)17(22)19-14-6-7-16(18-11-14)20-8-2-3-9-20/h4-7,10-11H,2-3,8-9H2,1H3,(H,19,22). The molecule has 1 aromatic carbocycles. The topological polar surface area (TPSA) is 88.4 Å². The molecular formula is C17H18N4O3. The quantitative estimate of drug-likeness (QED) is 0.689. The lowest BCUT2D eigenvalue weighted by atomic mass is 10.1. The first-order valence-electron chi connectivity index (χ1n) is 7.82. The van der Waals surface area contributed by atoms with Crippen molar-refractivity contribution in [1.82, 2.24) is 4.98 Å². The first kappa shape index (κ1) is 15.9. The molecule has 0 aliphatic carbocycles. The van der Waals surface area contributed by atoms with E-state index in [1.165, 1.54) is 18.9 Å². The number of nitro groups is 1. The number of benzene rings is 1. The van der Waals surface area contributed by atoms with Crippen molar-refractivity contribution in [3.05, 3.63) is 57.8 Å². The van der Waals surface area contributed by atoms with E-state index in [9.17, 15) is 14.9 Å². The van der Waals surface area contributed by atoms with Crippen molar-refractivity contribution in [2.45, 2.75) is 19.8 Å². The molecule has 3 rings (SSSR count). The van der Waals surface area contributed by atoms with Gasteiger partial charge in [-0.15, -0.1) is 0 Å². The number of amides is 1. The van der Waals surface area contributed by atoms with Gasteiger partial charge in [0.1, 0.15) is 5.82 Å². The first-order chi connectivity index (χ1) is 11.5. The molecule has 2 aromatic rings. The Kier molecular flexibility index (Phi) is 4.41. The van der Waals surface area contributed by atoms with Crippen LogP contribution < -0.4 is 10.2 Å². The molecule has 2 heterocycles. The second kappa shape index (κ2) is 6.66. The number of anilines is 2. The molecule has 1 saturated heterocycles. The van der Waals surface area contributed by atoms with Crippen LogP contribution in [-0.2, 0) is 0 Å². The Morgan fingerprint density at radius 1 is 1.25 bits per heavy atom. The molecule has 124 valence electrons. The summed E-state index contributed by atoms with van der Waals surface area (Å²) in [6.45, 7) is 3.65. The summed E-state index contributed by atoms with van der Waals surface area (Å²) in [6.07, 6.45) is 3.95. The minimum atomic E-state index is -0.488. The lowest BCUT2D eigenvalue weighted by molar-refractivity contribution is -0.385. The van der Waals surface area contributed by atoms with Gasteiger partial charge in [0.25, 0.3) is 11.6 Å². The van der Waals surface area contributed by atoms with Gasteiger partial charge in [0.15, 0.2) is 0 Å². The molecular weight excluding hydrogens is 308 g/mol. The van der Waals surface area contributed by atoms with E-state index in [-0.39, 0.29) is 11.3 Å². The summed E-state index contributed by atoms with van der Waals surface area (Å²) in [7, 11) is 0. The van der Waals surface area contributed by atoms with Crippen molar-refractivity contribution in [2.75, 3.05) is 23.3 Å². The maximum atomic E-state index is 12.3. The predicted octanol–water partition coefficient (Wildman–Crippen LogP) is 3.15. The number of aryl methyl sites for hydroxylation is 1. The van der Waals surface area contributed by atoms with Gasteiger partial charge in [-0.05, 0) is 38.0 Å². The molecule has 7 nitrogen and oxygen atoms in total. The van der Waals surface area contributed by atoms with Crippen molar-refractivity contribution < 1.29 is 9.72 Å². The molecule has 1 fully saturated rings. The summed E-state index contributed by atoms with van der Waals surface area (Å²) in [5.74, 6) is 0.505. The molecule has 0 bridgehead atoms. The van der Waals surface area contributed by atoms with Gasteiger partial charge >= 0.3 is 0 Å². The first-order valence-corrected chi connectivity index (χ1v) is 7.82. The number of carbonyl (C=O) groups is 1. The van der Waals surface area contributed by atoms with E-state index in [0.717, 1.165) is 18.9 Å². The van der Waals surface area contributed by atoms with Crippen LogP contribution in [0.5, 0.6) is 0 Å². The molecule has 0 radical (unpaired) electrons. The van der Waals surface area contributed by atoms with Crippen LogP contribution >= 0.6 is 0 Å². The van der Waals surface area contributed by atoms with Crippen molar-refractivity contribution in [3.8, 4) is 0 Å². The Balaban J connectivity index is 1.72. The number of hydrogen-bond donors (Lipinski definition) is 1. The van der Waals surface area contributed by atoms with Crippen LogP contribution in [0.2, 0.25) is 0 Å². The van der Waals surface area contributed by atoms with E-state index in [4.69, 9.17) is 0 Å². The zero-order valence-electron chi connectivity index (χ0n) is 13.4. The van der Waals surface area contributed by atoms with Crippen LogP contribution in [0.1, 0.15) is 28.8 Å². The van der Waals surface area contributed by atoms with Gasteiger partial charge in [-0.1, -0.05) is 6.07 Å². The van der Waals surface area contributed by atoms with Crippen LogP contribution in [0, 0.1) is 17.0 Å². The van der Waals surface area contributed by atoms with Crippen molar-refractivity contribution >= 4 is 23.1 Å². The maximum Gasteiger partial charge on any atom is 0.273 e. The van der Waals surface area contributed by atoms with Crippen LogP contribution in [0.4, 0.5) is 17.2 Å². The minimum absolute atomic E-state index is 0.0647. The Morgan fingerprint density at radius 3 is 2.62 bits per heavy atom. The molecule has 24 heavy (non-hydrogen) atoms. The van der Waals surface area contributed by atoms with Crippen LogP contribution in [0.25, 0.3) is 0 Å². The zero-order chi connectivity index (χ0) is 17.1. The SMILES string of the molecule is Cc1ccc(C(=O)Nc2ccc(N3CCCC3)nc2)cc1[N+](=O)[O-]. The van der Waals surface area contributed by atoms with Crippen LogP contribution in [0.15, 0.2) is 36.5 Å². The second-order valence-electron chi connectivity index (χ2n) is 5.81. The molecule has 1 N–H and O–H groups in total. The van der Waals surface area contributed by atoms with E-state index in [1.807, 2.05) is 6.07 Å². The number of pyridine rings is 1. The summed E-state index contributed by atoms with van der Waals surface area (Å²) < 4.78 is 0. The maximum absolute atomic E-state index is 12.3. The predicted molar refractivity (Wildman–Crippen MR) is 91.5 cm³/mol. The largest absolute Gasteiger partial charge is 0.357 e. The van der Waals surface area contributed by atoms with Gasteiger partial charge in [0.05, 0.1) is 16.8 Å². The lowest BCUT2D eigenvalue weighted by Gasteiger charge is -2.16. The number of nitro benzene ring substituents is 1. The van der Waals surface area contributed by atoms with E-state index in [0.29, 0.717) is 11.3 Å². The average molecular weight is 326 g/mol. The molecule has 1 aliphatic heterocycles. The van der Waals surface area contributed by atoms with Gasteiger partial charge < -0.3 is 10.2 Å². The van der Waals surface area contributed by atoms with Gasteiger partial charge in [-0.3, -0.25) is 14.9 Å². The number of aromatic nitrogens is 1. The van der Waals surface area contributed by atoms with Crippen molar-refractivity contribution in [3.63, 3.8) is 0 Å². The highest BCUT2D eigenvalue weighted by Crippen LogP contribution is 2.21. The van der Waals surface area contributed by atoms with E-state index >= 15 is 0 Å². The molecule has 0 saturated carbocycles. The second-order valence-corrected chi connectivity index (χ2v) is 5.81. The highest BCUT2D eigenvalue weighted by molar-refractivity contribution is 6.04. The van der Waals surface area contributed by atoms with Gasteiger partial charge in [-0.2, -0.15) is 0 Å². The molecule has 0 unspecified atom stereocenters. The smallest absolute Gasteiger partial charge is 0.273 e. The van der Waals surface area contributed by atoms with Gasteiger partial charge in [0.2, 0.25) is 0 Å². The third kappa shape index (κ3) is 3.34. The number of hydrogen-bond acceptors (Lipinski definition) is 5. The fraction of sp³-hybridized carbons (Fsp3) is 0.294. The average Bonchev–Trinajstić information content (AvgIpc) is 3.10. The molecule has 1 amide bonds. The zero-order valence-corrected chi connectivity index (χ0v) is 13.4. The van der Waals surface area contributed by atoms with E-state index in [2.05, 4.69) is 15.2 Å². The fourth-order valence-electron chi connectivity index (χ4n) is 2.74. The summed E-state index contributed by atoms with van der Waals surface area (Å²) in [5, 5.41) is 13.7. The van der Waals surface area contributed by atoms with Gasteiger partial charge in [0, 0.05) is 30.3 Å². The lowest BCUT2D eigenvalue weighted by Crippen LogP contribution is -2.19. The normalized spacial score (nSPS) is 13.8. The van der Waals surface area contributed by atoms with Crippen molar-refractivity contribution in [1.29, 1.82) is 0 Å². The number of rotatable bonds is 4. The van der Waals surface area contributed by atoms with Crippen molar-refractivity contribution in [2.24, 2.45) is 0 Å². The van der Waals surface area contributed by atoms with E-state index < -0.39 is 10.8 Å². The molecule has 7 heteroatoms. The number of nitrogens with zero attached hydrogens (tertiary/aromatic N) is 3. The fourth-order valence-corrected chi connectivity index (χ4v) is 2.74. The number of nitrogens with one attached hydrogen (secondary N) is 1. The highest BCUT2D eigenvalue weighted by atomic mass is 16.6. The Hall–Kier alpha value is -2.96. The molecule has 0 atom stereocenters.